The van der Waals surface area contributed by atoms with E-state index < -0.39 is 69.3 Å². The summed E-state index contributed by atoms with van der Waals surface area (Å²) in [4.78, 5) is 32.8. The van der Waals surface area contributed by atoms with Crippen LogP contribution in [0.5, 0.6) is 17.6 Å². The number of aromatic nitrogens is 3. The van der Waals surface area contributed by atoms with Crippen molar-refractivity contribution >= 4 is 34.4 Å². The SMILES string of the molecule is COCOc1cc(Cl)c(C(F)(F)F)c(-c2nc3c4c(nc(OC[C@]56CCCN5C[C@@H](F)C6)nc4c2F)N2C[C@H]4CC[C@@H]([C@@H]2CO3)N4C(=O)OC(C)(C)C)c1. The summed E-state index contributed by atoms with van der Waals surface area (Å²) in [5.41, 5.74) is -4.51. The molecule has 0 saturated carbocycles. The first kappa shape index (κ1) is 37.0. The lowest BCUT2D eigenvalue weighted by Gasteiger charge is -2.46. The van der Waals surface area contributed by atoms with Gasteiger partial charge < -0.3 is 28.6 Å². The molecule has 5 aliphatic heterocycles. The first-order valence-corrected chi connectivity index (χ1v) is 18.3. The second-order valence-electron chi connectivity index (χ2n) is 15.6. The lowest BCUT2D eigenvalue weighted by Crippen LogP contribution is -2.63. The Morgan fingerprint density at radius 3 is 2.63 bits per heavy atom. The van der Waals surface area contributed by atoms with Gasteiger partial charge in [-0.3, -0.25) is 9.80 Å². The molecule has 4 saturated heterocycles. The molecule has 5 atom stereocenters. The van der Waals surface area contributed by atoms with E-state index in [4.69, 9.17) is 40.3 Å². The third-order valence-corrected chi connectivity index (χ3v) is 11.3. The van der Waals surface area contributed by atoms with E-state index in [9.17, 15) is 22.4 Å². The number of carbonyl (C=O) groups is 1. The monoisotopic (exact) mass is 782 g/mol. The zero-order valence-corrected chi connectivity index (χ0v) is 30.9. The van der Waals surface area contributed by atoms with Gasteiger partial charge in [0, 0.05) is 32.2 Å². The molecule has 0 radical (unpaired) electrons. The van der Waals surface area contributed by atoms with Crippen LogP contribution in [-0.2, 0) is 15.7 Å². The molecule has 0 N–H and O–H groups in total. The summed E-state index contributed by atoms with van der Waals surface area (Å²) in [5, 5.41) is -0.710. The van der Waals surface area contributed by atoms with Gasteiger partial charge in [0.15, 0.2) is 12.6 Å². The predicted octanol–water partition coefficient (Wildman–Crippen LogP) is 6.79. The van der Waals surface area contributed by atoms with Gasteiger partial charge in [-0.25, -0.2) is 18.6 Å². The van der Waals surface area contributed by atoms with Crippen LogP contribution in [0.2, 0.25) is 5.02 Å². The van der Waals surface area contributed by atoms with Crippen molar-refractivity contribution in [2.45, 2.75) is 94.5 Å². The number of alkyl halides is 4. The number of carbonyl (C=O) groups excluding carboxylic acids is 1. The van der Waals surface area contributed by atoms with Crippen molar-refractivity contribution in [3.8, 4) is 28.9 Å². The summed E-state index contributed by atoms with van der Waals surface area (Å²) in [5.74, 6) is -1.33. The van der Waals surface area contributed by atoms with Gasteiger partial charge in [0.2, 0.25) is 5.88 Å². The van der Waals surface area contributed by atoms with Gasteiger partial charge >= 0.3 is 18.3 Å². The third-order valence-electron chi connectivity index (χ3n) is 11.0. The van der Waals surface area contributed by atoms with E-state index in [0.29, 0.717) is 25.8 Å². The van der Waals surface area contributed by atoms with Gasteiger partial charge in [-0.2, -0.15) is 23.1 Å². The van der Waals surface area contributed by atoms with Crippen LogP contribution in [0.15, 0.2) is 12.1 Å². The number of methoxy groups -OCH3 is 1. The van der Waals surface area contributed by atoms with E-state index in [1.165, 1.54) is 7.11 Å². The van der Waals surface area contributed by atoms with Crippen LogP contribution >= 0.6 is 11.6 Å². The van der Waals surface area contributed by atoms with Gasteiger partial charge in [-0.15, -0.1) is 0 Å². The molecule has 292 valence electrons. The molecule has 5 aliphatic rings. The molecule has 8 rings (SSSR count). The number of nitrogens with zero attached hydrogens (tertiary/aromatic N) is 6. The number of ether oxygens (including phenoxy) is 5. The molecular formula is C36H40ClF5N6O6. The highest BCUT2D eigenvalue weighted by Crippen LogP contribution is 2.49. The van der Waals surface area contributed by atoms with Gasteiger partial charge in [-0.05, 0) is 65.1 Å². The quantitative estimate of drug-likeness (QED) is 0.187. The number of hydrogen-bond acceptors (Lipinski definition) is 11. The molecule has 54 heavy (non-hydrogen) atoms. The number of anilines is 1. The fraction of sp³-hybridized carbons (Fsp3) is 0.611. The van der Waals surface area contributed by atoms with Crippen molar-refractivity contribution in [1.29, 1.82) is 0 Å². The summed E-state index contributed by atoms with van der Waals surface area (Å²) in [6, 6.07) is 0.492. The summed E-state index contributed by atoms with van der Waals surface area (Å²) >= 11 is 6.19. The predicted molar refractivity (Wildman–Crippen MR) is 185 cm³/mol. The molecule has 12 nitrogen and oxygen atoms in total. The first-order valence-electron chi connectivity index (χ1n) is 17.9. The average molecular weight is 783 g/mol. The number of pyridine rings is 1. The molecule has 0 aliphatic carbocycles. The number of amides is 1. The summed E-state index contributed by atoms with van der Waals surface area (Å²) in [6.07, 6.45) is -3.45. The Morgan fingerprint density at radius 1 is 1.09 bits per heavy atom. The van der Waals surface area contributed by atoms with E-state index in [2.05, 4.69) is 9.97 Å². The molecule has 4 fully saturated rings. The van der Waals surface area contributed by atoms with Crippen LogP contribution < -0.4 is 19.1 Å². The van der Waals surface area contributed by atoms with Crippen molar-refractivity contribution in [2.75, 3.05) is 51.7 Å². The Balaban J connectivity index is 1.27. The summed E-state index contributed by atoms with van der Waals surface area (Å²) < 4.78 is 104. The maximum absolute atomic E-state index is 17.1. The van der Waals surface area contributed by atoms with E-state index >= 15 is 4.39 Å². The fourth-order valence-electron chi connectivity index (χ4n) is 8.82. The number of piperazine rings is 1. The minimum absolute atomic E-state index is 0.0229. The van der Waals surface area contributed by atoms with Crippen molar-refractivity contribution in [2.24, 2.45) is 0 Å². The number of benzene rings is 1. The summed E-state index contributed by atoms with van der Waals surface area (Å²) in [7, 11) is 1.33. The Labute approximate surface area is 312 Å². The van der Waals surface area contributed by atoms with Crippen molar-refractivity contribution in [3.05, 3.63) is 28.5 Å². The molecule has 1 aromatic carbocycles. The Hall–Kier alpha value is -3.96. The largest absolute Gasteiger partial charge is 0.475 e. The molecular weight excluding hydrogens is 743 g/mol. The molecule has 3 aromatic rings. The van der Waals surface area contributed by atoms with Crippen molar-refractivity contribution < 1.29 is 50.4 Å². The normalized spacial score (nSPS) is 26.4. The van der Waals surface area contributed by atoms with Gasteiger partial charge in [-0.1, -0.05) is 11.6 Å². The van der Waals surface area contributed by atoms with Crippen LogP contribution in [0.1, 0.15) is 58.4 Å². The maximum Gasteiger partial charge on any atom is 0.418 e. The minimum atomic E-state index is -5.03. The molecule has 2 bridgehead atoms. The average Bonchev–Trinajstić information content (AvgIpc) is 3.69. The standard InChI is InChI=1S/C36H40ClF5N6O6/c1-34(2,3)54-33(49)48-19-6-7-23(48)24-15-51-31-25-29(27(39)28(43-31)21-10-20(53-17-50-4)11-22(37)26(21)36(40,41)42)44-32(45-30(25)47(24)14-19)52-16-35-8-5-9-46(35)13-18(38)12-35/h10-11,18-19,23-24H,5-9,12-17H2,1-4H3/t18-,19+,23-,24-,35+/m0/s1. The van der Waals surface area contributed by atoms with Crippen LogP contribution in [-0.4, -0.2) is 113 Å². The Bertz CT molecular complexity index is 1990. The fourth-order valence-corrected chi connectivity index (χ4v) is 9.14. The Kier molecular flexibility index (Phi) is 9.15. The molecule has 1 amide bonds. The number of halogens is 6. The van der Waals surface area contributed by atoms with Crippen LogP contribution in [0.25, 0.3) is 22.2 Å². The second-order valence-corrected chi connectivity index (χ2v) is 16.0. The number of hydrogen-bond donors (Lipinski definition) is 0. The van der Waals surface area contributed by atoms with Gasteiger partial charge in [0.05, 0.1) is 34.3 Å². The lowest BCUT2D eigenvalue weighted by molar-refractivity contribution is -0.137. The molecule has 0 spiro atoms. The highest BCUT2D eigenvalue weighted by molar-refractivity contribution is 6.32. The van der Waals surface area contributed by atoms with Gasteiger partial charge in [0.25, 0.3) is 0 Å². The van der Waals surface area contributed by atoms with Crippen molar-refractivity contribution in [1.82, 2.24) is 24.8 Å². The molecule has 7 heterocycles. The highest BCUT2D eigenvalue weighted by Gasteiger charge is 2.53. The number of fused-ring (bicyclic) bond motifs is 6. The van der Waals surface area contributed by atoms with Crippen LogP contribution in [0.3, 0.4) is 0 Å². The van der Waals surface area contributed by atoms with Crippen molar-refractivity contribution in [3.63, 3.8) is 0 Å². The summed E-state index contributed by atoms with van der Waals surface area (Å²) in [6.45, 7) is 6.24. The topological polar surface area (TPSA) is 112 Å². The zero-order valence-electron chi connectivity index (χ0n) is 30.1. The minimum Gasteiger partial charge on any atom is -0.475 e. The third kappa shape index (κ3) is 6.38. The molecule has 0 unspecified atom stereocenters. The van der Waals surface area contributed by atoms with Crippen LogP contribution in [0, 0.1) is 5.82 Å². The van der Waals surface area contributed by atoms with Gasteiger partial charge in [0.1, 0.15) is 53.2 Å². The molecule has 18 heteroatoms. The zero-order chi connectivity index (χ0) is 38.3. The Morgan fingerprint density at radius 2 is 1.89 bits per heavy atom. The number of rotatable bonds is 7. The maximum atomic E-state index is 17.1. The van der Waals surface area contributed by atoms with E-state index in [1.807, 2.05) is 9.80 Å². The highest BCUT2D eigenvalue weighted by atomic mass is 35.5. The van der Waals surface area contributed by atoms with E-state index in [0.717, 1.165) is 18.6 Å². The molecule has 2 aromatic heterocycles. The first-order chi connectivity index (χ1) is 25.6. The van der Waals surface area contributed by atoms with E-state index in [1.54, 1.807) is 25.7 Å². The lowest BCUT2D eigenvalue weighted by atomic mass is 9.95. The van der Waals surface area contributed by atoms with E-state index in [-0.39, 0.29) is 79.9 Å². The second kappa shape index (κ2) is 13.4. The smallest absolute Gasteiger partial charge is 0.418 e. The van der Waals surface area contributed by atoms with Crippen LogP contribution in [0.4, 0.5) is 32.6 Å².